The molecule has 1 rings (SSSR count). The number of likely N-dealkylation sites (tertiary alicyclic amines) is 1. The second-order valence-electron chi connectivity index (χ2n) is 17.8. The molecule has 0 aromatic rings. The van der Waals surface area contributed by atoms with E-state index >= 15 is 0 Å². The smallest absolute Gasteiger partial charge is 0.326 e. The van der Waals surface area contributed by atoms with Crippen LogP contribution in [0.15, 0.2) is 0 Å². The molecule has 0 radical (unpaired) electrons. The summed E-state index contributed by atoms with van der Waals surface area (Å²) < 4.78 is 0. The molecule has 1 aliphatic heterocycles. The molecular weight excluding hydrogens is 897 g/mol. The summed E-state index contributed by atoms with van der Waals surface area (Å²) in [5.41, 5.74) is 22.1. The van der Waals surface area contributed by atoms with Crippen molar-refractivity contribution in [2.75, 3.05) is 19.6 Å². The third-order valence-electron chi connectivity index (χ3n) is 10.8. The fraction of sp³-hybridized carbons (Fsp3) is 0.714. The molecule has 26 nitrogen and oxygen atoms in total. The van der Waals surface area contributed by atoms with Crippen molar-refractivity contribution in [3.05, 3.63) is 0 Å². The minimum absolute atomic E-state index is 0.0110. The summed E-state index contributed by atoms with van der Waals surface area (Å²) in [6.07, 6.45) is -0.766. The monoisotopic (exact) mass is 969 g/mol. The van der Waals surface area contributed by atoms with Crippen molar-refractivity contribution in [2.45, 2.75) is 154 Å². The Balaban J connectivity index is 3.19. The van der Waals surface area contributed by atoms with Gasteiger partial charge in [0, 0.05) is 13.0 Å². The molecule has 0 aromatic heterocycles. The van der Waals surface area contributed by atoms with Crippen LogP contribution in [-0.2, 0) is 57.5 Å². The Labute approximate surface area is 394 Å². The third-order valence-corrected chi connectivity index (χ3v) is 10.8. The van der Waals surface area contributed by atoms with E-state index in [4.69, 9.17) is 22.9 Å². The van der Waals surface area contributed by atoms with E-state index in [0.717, 1.165) is 4.90 Å². The van der Waals surface area contributed by atoms with Gasteiger partial charge in [-0.1, -0.05) is 48.0 Å². The minimum atomic E-state index is -1.64. The van der Waals surface area contributed by atoms with Crippen molar-refractivity contribution in [1.82, 2.24) is 42.1 Å². The zero-order valence-corrected chi connectivity index (χ0v) is 39.6. The van der Waals surface area contributed by atoms with Crippen molar-refractivity contribution in [2.24, 2.45) is 40.7 Å². The van der Waals surface area contributed by atoms with E-state index in [2.05, 4.69) is 37.2 Å². The van der Waals surface area contributed by atoms with Gasteiger partial charge in [-0.2, -0.15) is 0 Å². The predicted octanol–water partition coefficient (Wildman–Crippen LogP) is -4.48. The highest BCUT2D eigenvalue weighted by atomic mass is 16.4. The molecular formula is C42H72N12O14. The molecule has 26 heteroatoms. The summed E-state index contributed by atoms with van der Waals surface area (Å²) in [5.74, 6) is -13.1. The Bertz CT molecular complexity index is 1830. The number of unbranched alkanes of at least 4 members (excludes halogenated alkanes) is 1. The number of nitrogens with one attached hydrogen (secondary N) is 7. The fourth-order valence-electron chi connectivity index (χ4n) is 7.06. The summed E-state index contributed by atoms with van der Waals surface area (Å²) >= 11 is 0. The Morgan fingerprint density at radius 3 is 1.63 bits per heavy atom. The normalized spacial score (nSPS) is 16.5. The number of amides is 10. The van der Waals surface area contributed by atoms with E-state index in [0.29, 0.717) is 25.8 Å². The number of carboxylic acid groups (broad SMARTS) is 2. The van der Waals surface area contributed by atoms with Crippen LogP contribution in [0.1, 0.15) is 106 Å². The summed E-state index contributed by atoms with van der Waals surface area (Å²) in [4.78, 5) is 155. The average molecular weight is 969 g/mol. The van der Waals surface area contributed by atoms with Gasteiger partial charge in [-0.05, 0) is 62.8 Å². The van der Waals surface area contributed by atoms with Gasteiger partial charge in [-0.15, -0.1) is 0 Å². The van der Waals surface area contributed by atoms with Crippen LogP contribution in [0.4, 0.5) is 0 Å². The number of carbonyl (C=O) groups is 12. The van der Waals surface area contributed by atoms with E-state index in [1.165, 1.54) is 0 Å². The van der Waals surface area contributed by atoms with Crippen LogP contribution in [0.3, 0.4) is 0 Å². The second-order valence-corrected chi connectivity index (χ2v) is 17.8. The van der Waals surface area contributed by atoms with Gasteiger partial charge in [0.2, 0.25) is 59.1 Å². The van der Waals surface area contributed by atoms with Crippen LogP contribution in [0.25, 0.3) is 0 Å². The van der Waals surface area contributed by atoms with Gasteiger partial charge in [0.25, 0.3) is 0 Å². The second kappa shape index (κ2) is 29.3. The van der Waals surface area contributed by atoms with E-state index in [9.17, 15) is 67.7 Å². The Morgan fingerprint density at radius 1 is 0.618 bits per heavy atom. The molecule has 17 N–H and O–H groups in total. The van der Waals surface area contributed by atoms with Crippen molar-refractivity contribution in [3.8, 4) is 0 Å². The number of nitrogens with zero attached hydrogens (tertiary/aromatic N) is 1. The summed E-state index contributed by atoms with van der Waals surface area (Å²) in [6, 6.07) is -11.0. The largest absolute Gasteiger partial charge is 0.481 e. The summed E-state index contributed by atoms with van der Waals surface area (Å²) in [7, 11) is 0. The minimum Gasteiger partial charge on any atom is -0.481 e. The first-order chi connectivity index (χ1) is 31.7. The molecule has 1 heterocycles. The van der Waals surface area contributed by atoms with Crippen LogP contribution in [0, 0.1) is 17.8 Å². The Morgan fingerprint density at radius 2 is 1.13 bits per heavy atom. The zero-order valence-electron chi connectivity index (χ0n) is 39.6. The van der Waals surface area contributed by atoms with Crippen LogP contribution in [0.2, 0.25) is 0 Å². The maximum Gasteiger partial charge on any atom is 0.326 e. The quantitative estimate of drug-likeness (QED) is 0.0291. The molecule has 1 saturated heterocycles. The Hall–Kier alpha value is -6.44. The number of rotatable bonds is 31. The highest BCUT2D eigenvalue weighted by molar-refractivity contribution is 5.99. The molecule has 0 aliphatic carbocycles. The first-order valence-corrected chi connectivity index (χ1v) is 22.6. The maximum absolute atomic E-state index is 13.8. The van der Waals surface area contributed by atoms with Crippen LogP contribution in [0.5, 0.6) is 0 Å². The van der Waals surface area contributed by atoms with Gasteiger partial charge in [0.1, 0.15) is 42.3 Å². The molecule has 1 aliphatic rings. The van der Waals surface area contributed by atoms with Gasteiger partial charge in [-0.25, -0.2) is 4.79 Å². The molecule has 384 valence electrons. The van der Waals surface area contributed by atoms with Crippen molar-refractivity contribution < 1.29 is 67.7 Å². The predicted molar refractivity (Wildman–Crippen MR) is 241 cm³/mol. The molecule has 0 unspecified atom stereocenters. The highest BCUT2D eigenvalue weighted by Gasteiger charge is 2.38. The van der Waals surface area contributed by atoms with Crippen LogP contribution >= 0.6 is 0 Å². The molecule has 0 spiro atoms. The SMILES string of the molecule is CC(C)C[C@H](NC(=O)[C@@H]1CCCN1C(=O)CNC(=O)[C@H](CCC(=O)O)NC(=O)[C@H](CC(N)=O)NC(=O)[C@@H](N)CCCCN)C(=O)N[C@@H](CC(N)=O)C(=O)N[C@H](C(=O)N[C@H](C(=O)O)C(C)C)C(C)C. The van der Waals surface area contributed by atoms with E-state index in [1.807, 2.05) is 0 Å². The van der Waals surface area contributed by atoms with Crippen molar-refractivity contribution in [3.63, 3.8) is 0 Å². The lowest BCUT2D eigenvalue weighted by Gasteiger charge is -2.29. The van der Waals surface area contributed by atoms with Gasteiger partial charge in [0.15, 0.2) is 0 Å². The third kappa shape index (κ3) is 21.0. The lowest BCUT2D eigenvalue weighted by atomic mass is 9.99. The zero-order chi connectivity index (χ0) is 52.0. The molecule has 1 fully saturated rings. The lowest BCUT2D eigenvalue weighted by molar-refractivity contribution is -0.144. The fourth-order valence-corrected chi connectivity index (χ4v) is 7.06. The maximum atomic E-state index is 13.8. The molecule has 68 heavy (non-hydrogen) atoms. The Kier molecular flexibility index (Phi) is 25.7. The number of carboxylic acids is 2. The molecule has 0 bridgehead atoms. The van der Waals surface area contributed by atoms with Gasteiger partial charge >= 0.3 is 11.9 Å². The first kappa shape index (κ1) is 59.6. The van der Waals surface area contributed by atoms with Crippen molar-refractivity contribution in [1.29, 1.82) is 0 Å². The van der Waals surface area contributed by atoms with Gasteiger partial charge in [0.05, 0.1) is 25.4 Å². The summed E-state index contributed by atoms with van der Waals surface area (Å²) in [6.45, 7) is 9.47. The molecule has 8 atom stereocenters. The molecule has 0 aromatic carbocycles. The van der Waals surface area contributed by atoms with E-state index in [1.54, 1.807) is 41.5 Å². The molecule has 10 amide bonds. The standard InChI is InChI=1S/C42H72N12O14/c1-20(2)16-25(37(62)50-27(18-30(46)56)39(64)52-33(21(3)4)41(66)53-34(22(5)6)42(67)68)51-40(65)28-11-9-15-54(28)31(57)19-47-36(61)24(12-13-32(58)59)48-38(63)26(17-29(45)55)49-35(60)23(44)10-7-8-14-43/h20-28,33-34H,7-19,43-44H2,1-6H3,(H2,45,55)(H2,46,56)(H,47,61)(H,48,63)(H,49,60)(H,50,62)(H,51,65)(H,52,64)(H,53,66)(H,58,59)(H,67,68)/t23-,24-,25-,26-,27-,28-,33-,34-/m0/s1. The van der Waals surface area contributed by atoms with Crippen molar-refractivity contribution >= 4 is 71.0 Å². The average Bonchev–Trinajstić information content (AvgIpc) is 3.74. The molecule has 0 saturated carbocycles. The number of aliphatic carboxylic acids is 2. The number of carbonyl (C=O) groups excluding carboxylic acids is 10. The van der Waals surface area contributed by atoms with E-state index < -0.39 is 163 Å². The number of primary amides is 2. The topological polar surface area (TPSA) is 437 Å². The van der Waals surface area contributed by atoms with E-state index in [-0.39, 0.29) is 31.7 Å². The van der Waals surface area contributed by atoms with Crippen LogP contribution < -0.4 is 60.2 Å². The first-order valence-electron chi connectivity index (χ1n) is 22.6. The number of hydrogen-bond donors (Lipinski definition) is 13. The lowest BCUT2D eigenvalue weighted by Crippen LogP contribution is -2.60. The van der Waals surface area contributed by atoms with Gasteiger partial charge < -0.3 is 75.3 Å². The number of hydrogen-bond acceptors (Lipinski definition) is 14. The number of nitrogens with two attached hydrogens (primary N) is 4. The summed E-state index contributed by atoms with van der Waals surface area (Å²) in [5, 5.41) is 35.7. The van der Waals surface area contributed by atoms with Gasteiger partial charge in [-0.3, -0.25) is 52.7 Å². The highest BCUT2D eigenvalue weighted by Crippen LogP contribution is 2.19. The van der Waals surface area contributed by atoms with Crippen LogP contribution in [-0.4, -0.2) is 154 Å².